The highest BCUT2D eigenvalue weighted by atomic mass is 16.6. The number of phenols is 1. The number of nitrogens with zero attached hydrogens (tertiary/aromatic N) is 4. The van der Waals surface area contributed by atoms with Gasteiger partial charge in [0.2, 0.25) is 23.6 Å². The summed E-state index contributed by atoms with van der Waals surface area (Å²) in [6, 6.07) is 14.3. The number of aromatic hydroxyl groups is 1. The molecule has 3 heterocycles. The summed E-state index contributed by atoms with van der Waals surface area (Å²) in [5, 5.41) is 15.3. The Morgan fingerprint density at radius 3 is 2.12 bits per heavy atom. The first kappa shape index (κ1) is 36.6. The number of carbonyl (C=O) groups is 5. The number of benzene rings is 2. The van der Waals surface area contributed by atoms with Crippen LogP contribution in [0.1, 0.15) is 57.6 Å². The Hall–Kier alpha value is -4.65. The summed E-state index contributed by atoms with van der Waals surface area (Å²) < 4.78 is 5.51. The number of rotatable bonds is 10. The second-order valence-electron chi connectivity index (χ2n) is 14.3. The van der Waals surface area contributed by atoms with E-state index in [1.807, 2.05) is 18.2 Å². The number of phenolic OH excluding ortho intramolecular Hbond substituents is 1. The summed E-state index contributed by atoms with van der Waals surface area (Å²) in [4.78, 5) is 73.8. The molecule has 50 heavy (non-hydrogen) atoms. The lowest BCUT2D eigenvalue weighted by atomic mass is 10.0. The molecule has 0 aromatic heterocycles. The fourth-order valence-corrected chi connectivity index (χ4v) is 6.84. The van der Waals surface area contributed by atoms with Crippen LogP contribution in [0.3, 0.4) is 0 Å². The summed E-state index contributed by atoms with van der Waals surface area (Å²) in [5.74, 6) is -1.39. The molecule has 3 N–H and O–H groups in total. The number of nitrogens with one attached hydrogen (secondary N) is 2. The summed E-state index contributed by atoms with van der Waals surface area (Å²) in [6.07, 6.45) is 1.88. The van der Waals surface area contributed by atoms with Gasteiger partial charge in [-0.1, -0.05) is 42.5 Å². The van der Waals surface area contributed by atoms with E-state index in [9.17, 15) is 29.1 Å². The van der Waals surface area contributed by atoms with E-state index in [0.29, 0.717) is 65.0 Å². The van der Waals surface area contributed by atoms with Crippen LogP contribution < -0.4 is 10.6 Å². The molecule has 5 rings (SSSR count). The molecule has 3 saturated heterocycles. The Balaban J connectivity index is 1.17. The number of piperazine rings is 1. The number of likely N-dealkylation sites (tertiary alicyclic amines) is 2. The fraction of sp³-hybridized carbons (Fsp3) is 0.541. The van der Waals surface area contributed by atoms with Crippen LogP contribution in [-0.2, 0) is 36.9 Å². The van der Waals surface area contributed by atoms with Crippen LogP contribution in [0.2, 0.25) is 0 Å². The van der Waals surface area contributed by atoms with Gasteiger partial charge >= 0.3 is 6.09 Å². The van der Waals surface area contributed by atoms with Gasteiger partial charge in [0, 0.05) is 52.2 Å². The second-order valence-corrected chi connectivity index (χ2v) is 14.3. The number of hydrogen-bond donors (Lipinski definition) is 3. The third-order valence-electron chi connectivity index (χ3n) is 9.37. The first-order chi connectivity index (χ1) is 23.9. The maximum atomic E-state index is 13.8. The highest BCUT2D eigenvalue weighted by Gasteiger charge is 2.43. The molecule has 0 aliphatic carbocycles. The van der Waals surface area contributed by atoms with E-state index >= 15 is 0 Å². The van der Waals surface area contributed by atoms with Gasteiger partial charge in [0.15, 0.2) is 0 Å². The predicted molar refractivity (Wildman–Crippen MR) is 186 cm³/mol. The van der Waals surface area contributed by atoms with Crippen LogP contribution in [0.4, 0.5) is 4.79 Å². The highest BCUT2D eigenvalue weighted by Crippen LogP contribution is 2.26. The molecule has 270 valence electrons. The lowest BCUT2D eigenvalue weighted by Gasteiger charge is -2.36. The van der Waals surface area contributed by atoms with E-state index in [0.717, 1.165) is 12.1 Å². The van der Waals surface area contributed by atoms with E-state index in [1.165, 1.54) is 27.5 Å². The van der Waals surface area contributed by atoms with Gasteiger partial charge in [-0.25, -0.2) is 4.79 Å². The predicted octanol–water partition coefficient (Wildman–Crippen LogP) is 2.27. The summed E-state index contributed by atoms with van der Waals surface area (Å²) >= 11 is 0. The Labute approximate surface area is 293 Å². The van der Waals surface area contributed by atoms with Gasteiger partial charge in [0.05, 0.1) is 6.54 Å². The maximum absolute atomic E-state index is 13.8. The standard InChI is InChI=1S/C37H50N6O7/c1-37(2,3)50-36(49)43-18-8-12-31(43)35(48)42-17-7-11-30(42)33(46)38-24-32(45)39-29(23-26-13-15-28(44)16-14-26)34(47)41-21-19-40(20-22-41)25-27-9-5-4-6-10-27/h4-6,9-10,13-16,29-31,44H,7-8,11-12,17-25H2,1-3H3,(H,38,46)(H,39,45). The molecule has 13 nitrogen and oxygen atoms in total. The van der Waals surface area contributed by atoms with Crippen molar-refractivity contribution in [3.05, 3.63) is 65.7 Å². The summed E-state index contributed by atoms with van der Waals surface area (Å²) in [7, 11) is 0. The molecule has 0 radical (unpaired) electrons. The van der Waals surface area contributed by atoms with Crippen molar-refractivity contribution in [2.45, 2.75) is 83.1 Å². The molecule has 2 aromatic carbocycles. The van der Waals surface area contributed by atoms with Crippen molar-refractivity contribution < 1.29 is 33.8 Å². The van der Waals surface area contributed by atoms with Crippen molar-refractivity contribution in [2.75, 3.05) is 45.8 Å². The van der Waals surface area contributed by atoms with Gasteiger partial charge < -0.3 is 30.3 Å². The van der Waals surface area contributed by atoms with E-state index in [1.54, 1.807) is 37.8 Å². The van der Waals surface area contributed by atoms with Crippen molar-refractivity contribution in [1.29, 1.82) is 0 Å². The zero-order chi connectivity index (χ0) is 35.8. The molecule has 3 fully saturated rings. The lowest BCUT2D eigenvalue weighted by molar-refractivity contribution is -0.142. The maximum Gasteiger partial charge on any atom is 0.410 e. The highest BCUT2D eigenvalue weighted by molar-refractivity contribution is 5.94. The van der Waals surface area contributed by atoms with Gasteiger partial charge in [-0.05, 0) is 69.7 Å². The number of amides is 5. The summed E-state index contributed by atoms with van der Waals surface area (Å²) in [6.45, 7) is 8.96. The van der Waals surface area contributed by atoms with Crippen LogP contribution in [0, 0.1) is 0 Å². The lowest BCUT2D eigenvalue weighted by Crippen LogP contribution is -2.57. The van der Waals surface area contributed by atoms with E-state index in [-0.39, 0.29) is 30.5 Å². The first-order valence-electron chi connectivity index (χ1n) is 17.6. The second kappa shape index (κ2) is 16.4. The average molecular weight is 691 g/mol. The molecular formula is C37H50N6O7. The molecule has 3 aliphatic heterocycles. The zero-order valence-electron chi connectivity index (χ0n) is 29.3. The topological polar surface area (TPSA) is 152 Å². The molecule has 2 aromatic rings. The smallest absolute Gasteiger partial charge is 0.410 e. The minimum Gasteiger partial charge on any atom is -0.508 e. The van der Waals surface area contributed by atoms with Crippen LogP contribution in [0.15, 0.2) is 54.6 Å². The normalized spacial score (nSPS) is 20.3. The first-order valence-corrected chi connectivity index (χ1v) is 17.6. The Morgan fingerprint density at radius 2 is 1.46 bits per heavy atom. The fourth-order valence-electron chi connectivity index (χ4n) is 6.84. The van der Waals surface area contributed by atoms with E-state index < -0.39 is 41.6 Å². The molecule has 3 aliphatic rings. The monoisotopic (exact) mass is 690 g/mol. The Morgan fingerprint density at radius 1 is 0.820 bits per heavy atom. The van der Waals surface area contributed by atoms with Crippen molar-refractivity contribution in [3.8, 4) is 5.75 Å². The van der Waals surface area contributed by atoms with Crippen LogP contribution in [0.5, 0.6) is 5.75 Å². The number of carbonyl (C=O) groups excluding carboxylic acids is 5. The van der Waals surface area contributed by atoms with Gasteiger partial charge in [0.1, 0.15) is 29.5 Å². The van der Waals surface area contributed by atoms with Crippen molar-refractivity contribution in [2.24, 2.45) is 0 Å². The SMILES string of the molecule is CC(C)(C)OC(=O)N1CCCC1C(=O)N1CCCC1C(=O)NCC(=O)NC(Cc1ccc(O)cc1)C(=O)N1CCN(Cc2ccccc2)CC1. The molecule has 0 spiro atoms. The van der Waals surface area contributed by atoms with Crippen LogP contribution in [-0.4, -0.2) is 124 Å². The van der Waals surface area contributed by atoms with Crippen molar-refractivity contribution in [1.82, 2.24) is 30.2 Å². The number of hydrogen-bond acceptors (Lipinski definition) is 8. The zero-order valence-corrected chi connectivity index (χ0v) is 29.3. The van der Waals surface area contributed by atoms with Gasteiger partial charge in [-0.15, -0.1) is 0 Å². The molecule has 5 amide bonds. The minimum absolute atomic E-state index is 0.0998. The average Bonchev–Trinajstić information content (AvgIpc) is 3.79. The molecular weight excluding hydrogens is 640 g/mol. The van der Waals surface area contributed by atoms with Crippen LogP contribution >= 0.6 is 0 Å². The van der Waals surface area contributed by atoms with Gasteiger partial charge in [0.25, 0.3) is 0 Å². The Kier molecular flexibility index (Phi) is 12.0. The van der Waals surface area contributed by atoms with Crippen molar-refractivity contribution in [3.63, 3.8) is 0 Å². The molecule has 0 saturated carbocycles. The molecule has 13 heteroatoms. The largest absolute Gasteiger partial charge is 0.508 e. The minimum atomic E-state index is -0.879. The summed E-state index contributed by atoms with van der Waals surface area (Å²) in [5.41, 5.74) is 1.27. The molecule has 3 unspecified atom stereocenters. The van der Waals surface area contributed by atoms with Gasteiger partial charge in [-0.3, -0.25) is 29.0 Å². The third-order valence-corrected chi connectivity index (χ3v) is 9.37. The molecule has 0 bridgehead atoms. The van der Waals surface area contributed by atoms with Gasteiger partial charge in [-0.2, -0.15) is 0 Å². The van der Waals surface area contributed by atoms with E-state index in [2.05, 4.69) is 27.7 Å². The number of ether oxygens (including phenoxy) is 1. The Bertz CT molecular complexity index is 1500. The van der Waals surface area contributed by atoms with E-state index in [4.69, 9.17) is 4.74 Å². The third kappa shape index (κ3) is 9.74. The quantitative estimate of drug-likeness (QED) is 0.344. The molecule has 3 atom stereocenters. The van der Waals surface area contributed by atoms with Crippen molar-refractivity contribution >= 4 is 29.7 Å². The van der Waals surface area contributed by atoms with Crippen LogP contribution in [0.25, 0.3) is 0 Å².